The highest BCUT2D eigenvalue weighted by Crippen LogP contribution is 2.51. The van der Waals surface area contributed by atoms with Crippen LogP contribution in [0.5, 0.6) is 5.75 Å². The van der Waals surface area contributed by atoms with Gasteiger partial charge in [0.2, 0.25) is 5.91 Å². The predicted octanol–water partition coefficient (Wildman–Crippen LogP) is 3.74. The van der Waals surface area contributed by atoms with Crippen molar-refractivity contribution in [2.45, 2.75) is 43.6 Å². The Morgan fingerprint density at radius 2 is 1.67 bits per heavy atom. The van der Waals surface area contributed by atoms with Crippen LogP contribution >= 0.6 is 0 Å². The fourth-order valence-corrected chi connectivity index (χ4v) is 4.08. The Labute approximate surface area is 171 Å². The number of carbonyl (C=O) groups is 2. The fourth-order valence-electron chi connectivity index (χ4n) is 4.08. The standard InChI is InChI=1S/C22H20F3NO4/c1-29-19(27)18-12-14-4-2-3-5-15(14)13-26(18)20(28)21(10-11-21)16-6-8-17(9-7-16)30-22(23,24)25/h2-9,18H,10-13H2,1H3/t18-/m0/s1. The lowest BCUT2D eigenvalue weighted by molar-refractivity contribution is -0.274. The number of carbonyl (C=O) groups excluding carboxylic acids is 2. The van der Waals surface area contributed by atoms with Crippen molar-refractivity contribution in [3.63, 3.8) is 0 Å². The van der Waals surface area contributed by atoms with Crippen molar-refractivity contribution in [3.05, 3.63) is 65.2 Å². The van der Waals surface area contributed by atoms with Crippen molar-refractivity contribution < 1.29 is 32.2 Å². The summed E-state index contributed by atoms with van der Waals surface area (Å²) in [5, 5.41) is 0. The van der Waals surface area contributed by atoms with Gasteiger partial charge >= 0.3 is 12.3 Å². The van der Waals surface area contributed by atoms with Crippen molar-refractivity contribution in [2.24, 2.45) is 0 Å². The first-order valence-electron chi connectivity index (χ1n) is 9.55. The number of nitrogens with zero attached hydrogens (tertiary/aromatic N) is 1. The third-order valence-corrected chi connectivity index (χ3v) is 5.78. The van der Waals surface area contributed by atoms with Gasteiger partial charge in [-0.25, -0.2) is 4.79 Å². The lowest BCUT2D eigenvalue weighted by atomic mass is 9.89. The number of benzene rings is 2. The van der Waals surface area contributed by atoms with Crippen LogP contribution < -0.4 is 4.74 Å². The maximum absolute atomic E-state index is 13.5. The topological polar surface area (TPSA) is 55.8 Å². The van der Waals surface area contributed by atoms with Crippen LogP contribution in [0.2, 0.25) is 0 Å². The summed E-state index contributed by atoms with van der Waals surface area (Å²) in [6.45, 7) is 0.284. The van der Waals surface area contributed by atoms with Crippen molar-refractivity contribution >= 4 is 11.9 Å². The second kappa shape index (κ2) is 7.34. The molecule has 0 N–H and O–H groups in total. The summed E-state index contributed by atoms with van der Waals surface area (Å²) in [5.41, 5.74) is 1.74. The monoisotopic (exact) mass is 419 g/mol. The molecule has 0 spiro atoms. The van der Waals surface area contributed by atoms with Gasteiger partial charge in [-0.2, -0.15) is 0 Å². The minimum atomic E-state index is -4.77. The van der Waals surface area contributed by atoms with Crippen LogP contribution in [-0.4, -0.2) is 36.3 Å². The molecule has 0 unspecified atom stereocenters. The lowest BCUT2D eigenvalue weighted by Crippen LogP contribution is -2.52. The van der Waals surface area contributed by atoms with Gasteiger partial charge in [0, 0.05) is 13.0 Å². The van der Waals surface area contributed by atoms with Gasteiger partial charge < -0.3 is 14.4 Å². The normalized spacial score (nSPS) is 19.6. The van der Waals surface area contributed by atoms with Crippen LogP contribution in [-0.2, 0) is 32.7 Å². The van der Waals surface area contributed by atoms with E-state index >= 15 is 0 Å². The van der Waals surface area contributed by atoms with Crippen LogP contribution in [0.15, 0.2) is 48.5 Å². The van der Waals surface area contributed by atoms with Gasteiger partial charge in [-0.05, 0) is 41.7 Å². The number of rotatable bonds is 4. The summed E-state index contributed by atoms with van der Waals surface area (Å²) in [6.07, 6.45) is -3.28. The molecule has 0 aromatic heterocycles. The van der Waals surface area contributed by atoms with Gasteiger partial charge in [-0.15, -0.1) is 13.2 Å². The van der Waals surface area contributed by atoms with Gasteiger partial charge in [0.25, 0.3) is 0 Å². The number of fused-ring (bicyclic) bond motifs is 1. The van der Waals surface area contributed by atoms with Crippen LogP contribution in [0.4, 0.5) is 13.2 Å². The predicted molar refractivity (Wildman–Crippen MR) is 101 cm³/mol. The number of alkyl halides is 3. The molecule has 2 aromatic carbocycles. The van der Waals surface area contributed by atoms with E-state index in [0.29, 0.717) is 24.8 Å². The number of halogens is 3. The van der Waals surface area contributed by atoms with E-state index in [1.54, 1.807) is 4.90 Å². The van der Waals surface area contributed by atoms with E-state index in [9.17, 15) is 22.8 Å². The average molecular weight is 419 g/mol. The SMILES string of the molecule is COC(=O)[C@@H]1Cc2ccccc2CN1C(=O)C1(c2ccc(OC(F)(F)F)cc2)CC1. The van der Waals surface area contributed by atoms with E-state index in [1.807, 2.05) is 24.3 Å². The molecule has 1 aliphatic heterocycles. The third-order valence-electron chi connectivity index (χ3n) is 5.78. The van der Waals surface area contributed by atoms with Crippen LogP contribution in [0.1, 0.15) is 29.5 Å². The van der Waals surface area contributed by atoms with E-state index in [2.05, 4.69) is 4.74 Å². The van der Waals surface area contributed by atoms with E-state index in [1.165, 1.54) is 31.4 Å². The summed E-state index contributed by atoms with van der Waals surface area (Å²) < 4.78 is 46.1. The first-order valence-corrected chi connectivity index (χ1v) is 9.55. The summed E-state index contributed by atoms with van der Waals surface area (Å²) in [6, 6.07) is 12.3. The zero-order valence-electron chi connectivity index (χ0n) is 16.2. The molecule has 8 heteroatoms. The summed E-state index contributed by atoms with van der Waals surface area (Å²) >= 11 is 0. The molecule has 2 aromatic rings. The molecule has 1 saturated carbocycles. The van der Waals surface area contributed by atoms with Gasteiger partial charge in [0.05, 0.1) is 12.5 Å². The molecule has 30 heavy (non-hydrogen) atoms. The van der Waals surface area contributed by atoms with Gasteiger partial charge in [0.1, 0.15) is 11.8 Å². The molecule has 1 aliphatic carbocycles. The van der Waals surface area contributed by atoms with E-state index in [4.69, 9.17) is 4.74 Å². The molecule has 1 heterocycles. The molecule has 0 bridgehead atoms. The zero-order valence-corrected chi connectivity index (χ0v) is 16.2. The summed E-state index contributed by atoms with van der Waals surface area (Å²) in [5.74, 6) is -1.03. The van der Waals surface area contributed by atoms with Crippen molar-refractivity contribution in [3.8, 4) is 5.75 Å². The second-order valence-electron chi connectivity index (χ2n) is 7.60. The van der Waals surface area contributed by atoms with Gasteiger partial charge in [-0.1, -0.05) is 36.4 Å². The fraction of sp³-hybridized carbons (Fsp3) is 0.364. The maximum Gasteiger partial charge on any atom is 0.573 e. The second-order valence-corrected chi connectivity index (χ2v) is 7.60. The Morgan fingerprint density at radius 1 is 1.03 bits per heavy atom. The Hall–Kier alpha value is -3.03. The summed E-state index contributed by atoms with van der Waals surface area (Å²) in [7, 11) is 1.29. The van der Waals surface area contributed by atoms with Crippen molar-refractivity contribution in [1.29, 1.82) is 0 Å². The smallest absolute Gasteiger partial charge is 0.467 e. The molecule has 4 rings (SSSR count). The number of hydrogen-bond acceptors (Lipinski definition) is 4. The molecule has 1 atom stereocenters. The number of esters is 1. The zero-order chi connectivity index (χ0) is 21.5. The number of amides is 1. The Bertz CT molecular complexity index is 967. The lowest BCUT2D eigenvalue weighted by Gasteiger charge is -2.37. The highest BCUT2D eigenvalue weighted by Gasteiger charge is 2.55. The van der Waals surface area contributed by atoms with Crippen LogP contribution in [0, 0.1) is 0 Å². The van der Waals surface area contributed by atoms with Crippen molar-refractivity contribution in [2.75, 3.05) is 7.11 Å². The Kier molecular flexibility index (Phi) is 4.95. The van der Waals surface area contributed by atoms with Gasteiger partial charge in [-0.3, -0.25) is 4.79 Å². The summed E-state index contributed by atoms with van der Waals surface area (Å²) in [4.78, 5) is 27.5. The molecule has 158 valence electrons. The van der Waals surface area contributed by atoms with Crippen LogP contribution in [0.3, 0.4) is 0 Å². The maximum atomic E-state index is 13.5. The molecule has 5 nitrogen and oxygen atoms in total. The highest BCUT2D eigenvalue weighted by molar-refractivity contribution is 5.94. The first kappa shape index (κ1) is 20.3. The molecular formula is C22H20F3NO4. The Morgan fingerprint density at radius 3 is 2.23 bits per heavy atom. The quantitative estimate of drug-likeness (QED) is 0.709. The van der Waals surface area contributed by atoms with Gasteiger partial charge in [0.15, 0.2) is 0 Å². The third kappa shape index (κ3) is 3.74. The van der Waals surface area contributed by atoms with E-state index in [0.717, 1.165) is 11.1 Å². The Balaban J connectivity index is 1.61. The minimum absolute atomic E-state index is 0.211. The number of ether oxygens (including phenoxy) is 2. The van der Waals surface area contributed by atoms with Crippen molar-refractivity contribution in [1.82, 2.24) is 4.90 Å². The molecule has 0 radical (unpaired) electrons. The number of methoxy groups -OCH3 is 1. The average Bonchev–Trinajstić information content (AvgIpc) is 3.53. The van der Waals surface area contributed by atoms with E-state index in [-0.39, 0.29) is 18.2 Å². The van der Waals surface area contributed by atoms with E-state index < -0.39 is 23.8 Å². The molecule has 1 fully saturated rings. The molecular weight excluding hydrogens is 399 g/mol. The highest BCUT2D eigenvalue weighted by atomic mass is 19.4. The molecule has 2 aliphatic rings. The molecule has 1 amide bonds. The number of hydrogen-bond donors (Lipinski definition) is 0. The first-order chi connectivity index (χ1) is 14.2. The molecule has 0 saturated heterocycles. The van der Waals surface area contributed by atoms with Crippen LogP contribution in [0.25, 0.3) is 0 Å². The largest absolute Gasteiger partial charge is 0.573 e. The minimum Gasteiger partial charge on any atom is -0.467 e.